The fraction of sp³-hybridized carbons (Fsp3) is 0.688. The van der Waals surface area contributed by atoms with Gasteiger partial charge in [-0.25, -0.2) is 14.8 Å². The molecular formula is C16H27N3O2. The van der Waals surface area contributed by atoms with Crippen molar-refractivity contribution in [1.82, 2.24) is 9.97 Å². The first kappa shape index (κ1) is 17.4. The molecule has 0 aliphatic carbocycles. The quantitative estimate of drug-likeness (QED) is 0.555. The molecule has 1 unspecified atom stereocenters. The van der Waals surface area contributed by atoms with Crippen LogP contribution in [0.4, 0.5) is 5.95 Å². The number of carbonyl (C=O) groups excluding carboxylic acids is 1. The highest BCUT2D eigenvalue weighted by molar-refractivity contribution is 5.90. The van der Waals surface area contributed by atoms with Gasteiger partial charge < -0.3 is 10.1 Å². The Labute approximate surface area is 127 Å². The van der Waals surface area contributed by atoms with Gasteiger partial charge in [-0.15, -0.1) is 0 Å². The number of esters is 1. The molecule has 5 nitrogen and oxygen atoms in total. The second-order valence-electron chi connectivity index (χ2n) is 5.31. The van der Waals surface area contributed by atoms with Crippen LogP contribution in [-0.2, 0) is 4.74 Å². The van der Waals surface area contributed by atoms with Crippen LogP contribution in [-0.4, -0.2) is 28.6 Å². The van der Waals surface area contributed by atoms with Gasteiger partial charge in [-0.2, -0.15) is 0 Å². The Morgan fingerprint density at radius 1 is 1.33 bits per heavy atom. The summed E-state index contributed by atoms with van der Waals surface area (Å²) in [4.78, 5) is 20.2. The molecule has 0 aliphatic rings. The zero-order chi connectivity index (χ0) is 15.7. The number of rotatable bonds is 9. The number of carbonyl (C=O) groups is 1. The van der Waals surface area contributed by atoms with Crippen LogP contribution in [0.3, 0.4) is 0 Å². The average Bonchev–Trinajstić information content (AvgIpc) is 2.44. The van der Waals surface area contributed by atoms with Crippen molar-refractivity contribution in [1.29, 1.82) is 0 Å². The summed E-state index contributed by atoms with van der Waals surface area (Å²) in [6.45, 7) is 8.27. The average molecular weight is 293 g/mol. The van der Waals surface area contributed by atoms with Crippen molar-refractivity contribution in [3.8, 4) is 0 Å². The van der Waals surface area contributed by atoms with E-state index in [1.54, 1.807) is 13.8 Å². The molecule has 0 fully saturated rings. The van der Waals surface area contributed by atoms with Crippen LogP contribution in [0, 0.1) is 6.92 Å². The number of anilines is 1. The molecule has 0 bridgehead atoms. The van der Waals surface area contributed by atoms with Crippen LogP contribution in [0.1, 0.15) is 68.9 Å². The van der Waals surface area contributed by atoms with Gasteiger partial charge in [0.05, 0.1) is 17.9 Å². The number of unbranched alkanes of at least 4 members (excludes halogenated alkanes) is 3. The van der Waals surface area contributed by atoms with Gasteiger partial charge in [0.2, 0.25) is 5.95 Å². The molecule has 1 atom stereocenters. The van der Waals surface area contributed by atoms with Crippen LogP contribution in [0.2, 0.25) is 0 Å². The molecule has 1 aromatic rings. The van der Waals surface area contributed by atoms with Crippen LogP contribution in [0.5, 0.6) is 0 Å². The molecule has 0 radical (unpaired) electrons. The summed E-state index contributed by atoms with van der Waals surface area (Å²) >= 11 is 0. The summed E-state index contributed by atoms with van der Waals surface area (Å²) in [6.07, 6.45) is 7.65. The van der Waals surface area contributed by atoms with Crippen molar-refractivity contribution < 1.29 is 9.53 Å². The highest BCUT2D eigenvalue weighted by Crippen LogP contribution is 2.12. The summed E-state index contributed by atoms with van der Waals surface area (Å²) < 4.78 is 4.97. The lowest BCUT2D eigenvalue weighted by molar-refractivity contribution is 0.0524. The molecule has 0 aliphatic heterocycles. The van der Waals surface area contributed by atoms with Gasteiger partial charge in [0.1, 0.15) is 0 Å². The predicted molar refractivity (Wildman–Crippen MR) is 84.6 cm³/mol. The summed E-state index contributed by atoms with van der Waals surface area (Å²) in [5.74, 6) is 0.206. The van der Waals surface area contributed by atoms with Gasteiger partial charge in [0.15, 0.2) is 0 Å². The Hall–Kier alpha value is -1.65. The third-order valence-electron chi connectivity index (χ3n) is 3.34. The molecule has 1 N–H and O–H groups in total. The molecule has 1 heterocycles. The molecule has 0 aromatic carbocycles. The van der Waals surface area contributed by atoms with Gasteiger partial charge in [0, 0.05) is 12.2 Å². The van der Waals surface area contributed by atoms with Crippen LogP contribution in [0.15, 0.2) is 6.20 Å². The zero-order valence-electron chi connectivity index (χ0n) is 13.6. The monoisotopic (exact) mass is 293 g/mol. The van der Waals surface area contributed by atoms with E-state index in [0.717, 1.165) is 6.42 Å². The maximum Gasteiger partial charge on any atom is 0.341 e. The fourth-order valence-corrected chi connectivity index (χ4v) is 2.12. The van der Waals surface area contributed by atoms with E-state index in [1.165, 1.54) is 31.9 Å². The van der Waals surface area contributed by atoms with Crippen LogP contribution in [0.25, 0.3) is 0 Å². The molecule has 118 valence electrons. The van der Waals surface area contributed by atoms with E-state index in [0.29, 0.717) is 29.9 Å². The second kappa shape index (κ2) is 9.32. The molecule has 0 saturated carbocycles. The molecule has 0 saturated heterocycles. The minimum absolute atomic E-state index is 0.328. The minimum Gasteiger partial charge on any atom is -0.462 e. The van der Waals surface area contributed by atoms with Crippen molar-refractivity contribution >= 4 is 11.9 Å². The van der Waals surface area contributed by atoms with E-state index in [9.17, 15) is 4.79 Å². The van der Waals surface area contributed by atoms with E-state index >= 15 is 0 Å². The number of aromatic nitrogens is 2. The summed E-state index contributed by atoms with van der Waals surface area (Å²) in [5, 5.41) is 3.28. The number of aryl methyl sites for hydroxylation is 1. The number of hydrogen-bond acceptors (Lipinski definition) is 5. The van der Waals surface area contributed by atoms with Crippen LogP contribution >= 0.6 is 0 Å². The van der Waals surface area contributed by atoms with Crippen molar-refractivity contribution in [2.75, 3.05) is 11.9 Å². The topological polar surface area (TPSA) is 64.1 Å². The number of ether oxygens (including phenoxy) is 1. The molecular weight excluding hydrogens is 266 g/mol. The molecule has 0 spiro atoms. The van der Waals surface area contributed by atoms with E-state index in [1.807, 2.05) is 0 Å². The van der Waals surface area contributed by atoms with Crippen molar-refractivity contribution in [3.05, 3.63) is 17.5 Å². The zero-order valence-corrected chi connectivity index (χ0v) is 13.6. The van der Waals surface area contributed by atoms with Gasteiger partial charge in [0.25, 0.3) is 0 Å². The normalized spacial score (nSPS) is 12.0. The maximum absolute atomic E-state index is 11.7. The highest BCUT2D eigenvalue weighted by Gasteiger charge is 2.13. The molecule has 1 aromatic heterocycles. The third kappa shape index (κ3) is 6.10. The summed E-state index contributed by atoms with van der Waals surface area (Å²) in [7, 11) is 0. The van der Waals surface area contributed by atoms with Gasteiger partial charge >= 0.3 is 5.97 Å². The minimum atomic E-state index is -0.367. The Kier molecular flexibility index (Phi) is 7.72. The van der Waals surface area contributed by atoms with E-state index < -0.39 is 0 Å². The number of nitrogens with zero attached hydrogens (tertiary/aromatic N) is 2. The summed E-state index contributed by atoms with van der Waals surface area (Å²) in [6, 6.07) is 0.328. The predicted octanol–water partition coefficient (Wildman–Crippen LogP) is 3.73. The first-order valence-corrected chi connectivity index (χ1v) is 7.85. The third-order valence-corrected chi connectivity index (χ3v) is 3.34. The van der Waals surface area contributed by atoms with Crippen molar-refractivity contribution in [2.45, 2.75) is 65.8 Å². The number of nitrogens with one attached hydrogen (secondary N) is 1. The fourth-order valence-electron chi connectivity index (χ4n) is 2.12. The van der Waals surface area contributed by atoms with Gasteiger partial charge in [-0.05, 0) is 27.2 Å². The first-order valence-electron chi connectivity index (χ1n) is 7.85. The van der Waals surface area contributed by atoms with E-state index in [2.05, 4.69) is 29.1 Å². The largest absolute Gasteiger partial charge is 0.462 e. The molecule has 21 heavy (non-hydrogen) atoms. The van der Waals surface area contributed by atoms with E-state index in [4.69, 9.17) is 4.74 Å². The van der Waals surface area contributed by atoms with Gasteiger partial charge in [-0.1, -0.05) is 32.6 Å². The molecule has 1 rings (SSSR count). The molecule has 0 amide bonds. The maximum atomic E-state index is 11.7. The van der Waals surface area contributed by atoms with E-state index in [-0.39, 0.29) is 5.97 Å². The smallest absolute Gasteiger partial charge is 0.341 e. The second-order valence-corrected chi connectivity index (χ2v) is 5.31. The summed E-state index contributed by atoms with van der Waals surface area (Å²) in [5.41, 5.74) is 1.07. The lowest BCUT2D eigenvalue weighted by atomic mass is 10.1. The Bertz CT molecular complexity index is 449. The van der Waals surface area contributed by atoms with Crippen molar-refractivity contribution in [2.24, 2.45) is 0 Å². The highest BCUT2D eigenvalue weighted by atomic mass is 16.5. The Morgan fingerprint density at radius 2 is 2.10 bits per heavy atom. The number of hydrogen-bond donors (Lipinski definition) is 1. The molecule has 5 heteroatoms. The Morgan fingerprint density at radius 3 is 2.71 bits per heavy atom. The lowest BCUT2D eigenvalue weighted by Crippen LogP contribution is -2.18. The van der Waals surface area contributed by atoms with Gasteiger partial charge in [-0.3, -0.25) is 0 Å². The lowest BCUT2D eigenvalue weighted by Gasteiger charge is -2.14. The first-order chi connectivity index (χ1) is 10.1. The van der Waals surface area contributed by atoms with Crippen LogP contribution < -0.4 is 5.32 Å². The Balaban J connectivity index is 2.53. The van der Waals surface area contributed by atoms with Crippen molar-refractivity contribution in [3.63, 3.8) is 0 Å². The SMILES string of the molecule is CCCCCCC(C)Nc1ncc(C(=O)OCC)c(C)n1. The standard InChI is InChI=1S/C16H27N3O2/c1-5-7-8-9-10-12(3)18-16-17-11-14(13(4)19-16)15(20)21-6-2/h11-12H,5-10H2,1-4H3,(H,17,18,19).